The lowest BCUT2D eigenvalue weighted by molar-refractivity contribution is -0.159. The number of amides is 13. The number of hydrazine groups is 1. The van der Waals surface area contributed by atoms with E-state index in [4.69, 9.17) is 20.3 Å². The van der Waals surface area contributed by atoms with Crippen molar-refractivity contribution in [2.45, 2.75) is 250 Å². The van der Waals surface area contributed by atoms with Gasteiger partial charge in [0.25, 0.3) is 5.91 Å². The van der Waals surface area contributed by atoms with E-state index in [1.165, 1.54) is 23.5 Å². The van der Waals surface area contributed by atoms with Gasteiger partial charge in [-0.1, -0.05) is 151 Å². The van der Waals surface area contributed by atoms with Crippen LogP contribution in [0.4, 0.5) is 9.59 Å². The Hall–Kier alpha value is -11.2. The van der Waals surface area contributed by atoms with Gasteiger partial charge in [0.2, 0.25) is 53.2 Å². The number of aromatic nitrogens is 1. The van der Waals surface area contributed by atoms with Crippen LogP contribution in [0.25, 0.3) is 5.57 Å². The molecule has 1 saturated heterocycles. The number of ether oxygens (including phenoxy) is 2. The van der Waals surface area contributed by atoms with Crippen LogP contribution in [0.1, 0.15) is 209 Å². The second-order valence-electron chi connectivity index (χ2n) is 31.8. The number of hydrogen-bond donors (Lipinski definition) is 18. The number of phenolic OH excluding ortho intramolecular Hbond substituents is 1. The number of likely N-dealkylation sites (tertiary alicyclic amines) is 1. The number of likely N-dealkylation sites (N-methyl/N-ethyl adjacent to an activating group) is 1. The second kappa shape index (κ2) is 60.6. The summed E-state index contributed by atoms with van der Waals surface area (Å²) < 4.78 is 10.9. The predicted octanol–water partition coefficient (Wildman–Crippen LogP) is 4.77. The van der Waals surface area contributed by atoms with Crippen molar-refractivity contribution in [3.05, 3.63) is 88.4 Å². The van der Waals surface area contributed by atoms with Gasteiger partial charge in [-0.3, -0.25) is 72.7 Å². The average molecular weight is 1870 g/mol. The molecule has 0 aliphatic carbocycles. The highest BCUT2D eigenvalue weighted by molar-refractivity contribution is 8.76. The minimum Gasteiger partial charge on any atom is -0.508 e. The van der Waals surface area contributed by atoms with Crippen molar-refractivity contribution in [2.24, 2.45) is 23.5 Å². The summed E-state index contributed by atoms with van der Waals surface area (Å²) in [7, 11) is 3.89. The van der Waals surface area contributed by atoms with Crippen LogP contribution in [-0.2, 0) is 89.4 Å². The van der Waals surface area contributed by atoms with Gasteiger partial charge in [0, 0.05) is 87.0 Å². The van der Waals surface area contributed by atoms with Gasteiger partial charge in [-0.05, 0) is 131 Å². The Bertz CT molecular complexity index is 4170. The summed E-state index contributed by atoms with van der Waals surface area (Å²) in [5, 5.41) is 75.5. The van der Waals surface area contributed by atoms with E-state index >= 15 is 0 Å². The van der Waals surface area contributed by atoms with Crippen LogP contribution in [0.5, 0.6) is 5.75 Å². The molecule has 0 spiro atoms. The van der Waals surface area contributed by atoms with Crippen molar-refractivity contribution in [3.63, 3.8) is 0 Å². The molecule has 11 unspecified atom stereocenters. The van der Waals surface area contributed by atoms with Crippen molar-refractivity contribution in [2.75, 3.05) is 64.6 Å². The maximum atomic E-state index is 14.9. The number of carbonyl (C=O) groups is 17. The zero-order valence-electron chi connectivity index (χ0n) is 74.4. The molecule has 40 nitrogen and oxygen atoms in total. The van der Waals surface area contributed by atoms with E-state index in [-0.39, 0.29) is 118 Å². The molecule has 4 rings (SSSR count). The number of aromatic hydroxyl groups is 1. The first-order valence-electron chi connectivity index (χ1n) is 43.5. The van der Waals surface area contributed by atoms with Crippen molar-refractivity contribution in [3.8, 4) is 5.75 Å². The first kappa shape index (κ1) is 110. The Morgan fingerprint density at radius 2 is 1.29 bits per heavy atom. The molecule has 43 heteroatoms. The first-order valence-corrected chi connectivity index (χ1v) is 46.9. The number of esters is 1. The minimum atomic E-state index is -1.63. The number of thiazole rings is 1. The fraction of sp³-hybridized carbons (Fsp3) is 0.605. The normalized spacial score (nSPS) is 14.9. The maximum absolute atomic E-state index is 14.9. The van der Waals surface area contributed by atoms with Gasteiger partial charge in [0.1, 0.15) is 54.3 Å². The van der Waals surface area contributed by atoms with Crippen LogP contribution < -0.4 is 69.8 Å². The van der Waals surface area contributed by atoms with Gasteiger partial charge in [0.15, 0.2) is 6.73 Å². The van der Waals surface area contributed by atoms with E-state index in [0.29, 0.717) is 93.3 Å². The topological polar surface area (TPSA) is 600 Å². The molecule has 1 aromatic heterocycles. The zero-order chi connectivity index (χ0) is 95.5. The van der Waals surface area contributed by atoms with Crippen LogP contribution in [0.2, 0.25) is 0 Å². The van der Waals surface area contributed by atoms with Gasteiger partial charge < -0.3 is 98.8 Å². The van der Waals surface area contributed by atoms with Crippen LogP contribution in [0.15, 0.2) is 66.6 Å². The summed E-state index contributed by atoms with van der Waals surface area (Å²) >= 11 is 1.22. The van der Waals surface area contributed by atoms with E-state index in [0.717, 1.165) is 53.0 Å². The molecule has 11 atom stereocenters. The number of nitrogens with two attached hydrogens (primary N) is 1. The number of rotatable bonds is 61. The van der Waals surface area contributed by atoms with Gasteiger partial charge in [-0.25, -0.2) is 29.6 Å². The Morgan fingerprint density at radius 3 is 1.96 bits per heavy atom. The number of hydrogen-bond acceptors (Lipinski definition) is 26. The largest absolute Gasteiger partial charge is 0.508 e. The van der Waals surface area contributed by atoms with Crippen molar-refractivity contribution in [1.82, 2.24) is 78.8 Å². The third-order valence-electron chi connectivity index (χ3n) is 21.2. The number of carbonyl (C=O) groups excluding carboxylic acids is 13. The standard InChI is InChI=1S/C86H130N16O24S3/c1-9-23-74(111)126-51-102(82(118)75(53(5)10-2)98-81(117)67-26-18-15-21-43-101(67)8)66(52(3)4)37-39-71-93-64(49-127-71)80(116)95-63(55(7)57-30-32-58(103)33-31-57)46-54(6)76(112)99-100-86(124)125-44-45-128-129-50-65(84(121)122)96-79(115)61(36-40-73(109)110)94-77(113)59(87)47-90-70(106)48-91-78(114)60(34-29-56-24-16-14-17-25-56)92-69(105)27-19-12-11-13-20-41-88-68(104)38-35-62(83(119)120)97-85(123)89-42-22-28-72(107)108/h14,16-17,24-25,30-33,49,52-54,59-63,65-67,75,103H,7,9-13,15,18-23,26-29,34-48,50-51,87H2,1-6,8H3,(H,88,104)(H,90,106)(H,91,114)(H,92,105)(H,94,113)(H,95,116)(H,96,115)(H,98,117)(H,99,112)(H,100,124)(H,107,108)(H,109,110)(H,119,120)(H,121,122)(H2,89,97,123). The predicted molar refractivity (Wildman–Crippen MR) is 482 cm³/mol. The summed E-state index contributed by atoms with van der Waals surface area (Å²) in [6.45, 7) is 14.6. The number of aryl methyl sites for hydroxylation is 2. The summed E-state index contributed by atoms with van der Waals surface area (Å²) in [6, 6.07) is 4.35. The third kappa shape index (κ3) is 43.7. The van der Waals surface area contributed by atoms with Crippen LogP contribution in [-0.4, -0.2) is 260 Å². The van der Waals surface area contributed by atoms with Gasteiger partial charge >= 0.3 is 42.0 Å². The zero-order valence-corrected chi connectivity index (χ0v) is 76.8. The maximum Gasteiger partial charge on any atom is 0.426 e. The van der Waals surface area contributed by atoms with Crippen LogP contribution in [0, 0.1) is 17.8 Å². The smallest absolute Gasteiger partial charge is 0.426 e. The molecule has 1 aliphatic heterocycles. The summed E-state index contributed by atoms with van der Waals surface area (Å²) in [5.74, 6) is -13.8. The molecule has 3 aromatic rings. The molecule has 19 N–H and O–H groups in total. The fourth-order valence-corrected chi connectivity index (χ4v) is 16.2. The molecule has 0 saturated carbocycles. The summed E-state index contributed by atoms with van der Waals surface area (Å²) in [4.78, 5) is 228. The lowest BCUT2D eigenvalue weighted by Crippen LogP contribution is -2.58. The van der Waals surface area contributed by atoms with Crippen LogP contribution in [0.3, 0.4) is 0 Å². The first-order chi connectivity index (χ1) is 61.4. The molecule has 0 bridgehead atoms. The van der Waals surface area contributed by atoms with E-state index in [1.54, 1.807) is 29.3 Å². The Morgan fingerprint density at radius 1 is 0.620 bits per heavy atom. The van der Waals surface area contributed by atoms with Crippen molar-refractivity contribution in [1.29, 1.82) is 0 Å². The Balaban J connectivity index is 1.23. The number of nitrogens with one attached hydrogen (secondary N) is 12. The number of unbranched alkanes of at least 4 members (excludes halogenated alkanes) is 4. The molecular formula is C86H130N16O24S3. The molecule has 2 aromatic carbocycles. The highest BCUT2D eigenvalue weighted by Crippen LogP contribution is 2.28. The number of phenols is 1. The Kier molecular flexibility index (Phi) is 51.7. The molecule has 2 heterocycles. The second-order valence-corrected chi connectivity index (χ2v) is 35.4. The van der Waals surface area contributed by atoms with E-state index in [9.17, 15) is 102 Å². The van der Waals surface area contributed by atoms with E-state index in [2.05, 4.69) is 75.6 Å². The SMILES string of the molecule is C=C(c1ccc(O)cc1)C(CC(C)C(=O)NNC(=O)OCCSSCC(NC(=O)C(CCC(=O)O)NC(=O)C(N)CNC(=O)CNC(=O)C(CCc1ccccc1)NC(=O)CCCCCCCNC(=O)CCC(NC(=O)NCCCC(=O)O)C(=O)O)C(=O)O)NC(=O)c1csc(CCC(C(C)C)N(COC(=O)CCC)C(=O)C(NC(=O)C2CCCCCN2C)C(C)CC)n1. The molecule has 13 amide bonds. The van der Waals surface area contributed by atoms with Gasteiger partial charge in [-0.15, -0.1) is 11.3 Å². The monoisotopic (exact) mass is 1870 g/mol. The highest BCUT2D eigenvalue weighted by atomic mass is 33.1. The quantitative estimate of drug-likeness (QED) is 0.0119. The van der Waals surface area contributed by atoms with Crippen LogP contribution >= 0.6 is 32.9 Å². The average Bonchev–Trinajstić information content (AvgIpc) is 1.39. The van der Waals surface area contributed by atoms with Crippen molar-refractivity contribution < 1.29 is 117 Å². The molecule has 129 heavy (non-hydrogen) atoms. The number of aliphatic carboxylic acids is 4. The third-order valence-corrected chi connectivity index (χ3v) is 24.5. The van der Waals surface area contributed by atoms with E-state index < -0.39 is 175 Å². The molecule has 716 valence electrons. The molecule has 0 radical (unpaired) electrons. The number of nitrogens with zero attached hydrogens (tertiary/aromatic N) is 3. The number of benzene rings is 2. The number of urea groups is 1. The molecular weight excluding hydrogens is 1740 g/mol. The lowest BCUT2D eigenvalue weighted by atomic mass is 9.91. The van der Waals surface area contributed by atoms with Gasteiger partial charge in [-0.2, -0.15) is 0 Å². The molecule has 1 fully saturated rings. The Labute approximate surface area is 763 Å². The fourth-order valence-electron chi connectivity index (χ4n) is 13.4. The van der Waals surface area contributed by atoms with Gasteiger partial charge in [0.05, 0.1) is 23.6 Å². The highest BCUT2D eigenvalue weighted by Gasteiger charge is 2.39. The summed E-state index contributed by atoms with van der Waals surface area (Å²) in [6.07, 6.45) is 6.33. The van der Waals surface area contributed by atoms with Crippen molar-refractivity contribution >= 4 is 140 Å². The number of carboxylic acid groups (broad SMARTS) is 4. The van der Waals surface area contributed by atoms with E-state index in [1.807, 2.05) is 76.9 Å². The minimum absolute atomic E-state index is 0.0174. The molecule has 1 aliphatic rings. The summed E-state index contributed by atoms with van der Waals surface area (Å²) in [5.41, 5.74) is 12.3. The lowest BCUT2D eigenvalue weighted by Gasteiger charge is -2.38. The number of carboxylic acids is 4.